The molecule has 82 valence electrons. The van der Waals surface area contributed by atoms with Crippen LogP contribution in [0.2, 0.25) is 0 Å². The van der Waals surface area contributed by atoms with Crippen molar-refractivity contribution in [3.05, 3.63) is 22.9 Å². The standard InChI is InChI=1S/C10H7F2N3O/c1-16-10-8(9(11)12)6(5-14)4-7(15-10)2-3-13/h4,9H,2H2,1H3. The van der Waals surface area contributed by atoms with Crippen molar-refractivity contribution in [2.45, 2.75) is 12.8 Å². The number of nitrogens with zero attached hydrogens (tertiary/aromatic N) is 3. The van der Waals surface area contributed by atoms with Gasteiger partial charge in [0.1, 0.15) is 0 Å². The van der Waals surface area contributed by atoms with Gasteiger partial charge in [-0.1, -0.05) is 0 Å². The highest BCUT2D eigenvalue weighted by molar-refractivity contribution is 5.45. The normalized spacial score (nSPS) is 9.62. The van der Waals surface area contributed by atoms with E-state index in [1.165, 1.54) is 13.2 Å². The summed E-state index contributed by atoms with van der Waals surface area (Å²) in [5.41, 5.74) is -0.515. The van der Waals surface area contributed by atoms with Crippen LogP contribution in [0.15, 0.2) is 6.07 Å². The molecule has 0 atom stereocenters. The lowest BCUT2D eigenvalue weighted by atomic mass is 10.1. The van der Waals surface area contributed by atoms with Gasteiger partial charge in [-0.25, -0.2) is 13.8 Å². The predicted octanol–water partition coefficient (Wildman–Crippen LogP) is 1.97. The Labute approximate surface area is 90.7 Å². The Bertz CT molecular complexity index is 474. The zero-order chi connectivity index (χ0) is 12.1. The Morgan fingerprint density at radius 3 is 2.62 bits per heavy atom. The van der Waals surface area contributed by atoms with E-state index < -0.39 is 12.0 Å². The Morgan fingerprint density at radius 2 is 2.19 bits per heavy atom. The van der Waals surface area contributed by atoms with E-state index in [-0.39, 0.29) is 23.6 Å². The highest BCUT2D eigenvalue weighted by atomic mass is 19.3. The minimum Gasteiger partial charge on any atom is -0.481 e. The predicted molar refractivity (Wildman–Crippen MR) is 49.8 cm³/mol. The fraction of sp³-hybridized carbons (Fsp3) is 0.300. The molecule has 0 fully saturated rings. The van der Waals surface area contributed by atoms with E-state index in [0.29, 0.717) is 0 Å². The second kappa shape index (κ2) is 5.04. The van der Waals surface area contributed by atoms with Gasteiger partial charge < -0.3 is 4.74 Å². The maximum Gasteiger partial charge on any atom is 0.270 e. The zero-order valence-electron chi connectivity index (χ0n) is 8.37. The summed E-state index contributed by atoms with van der Waals surface area (Å²) in [5.74, 6) is -0.306. The molecule has 6 heteroatoms. The molecule has 0 aliphatic rings. The van der Waals surface area contributed by atoms with Gasteiger partial charge in [-0.3, -0.25) is 0 Å². The summed E-state index contributed by atoms with van der Waals surface area (Å²) >= 11 is 0. The van der Waals surface area contributed by atoms with Gasteiger partial charge in [0.15, 0.2) is 0 Å². The molecule has 1 aromatic rings. The highest BCUT2D eigenvalue weighted by Crippen LogP contribution is 2.30. The van der Waals surface area contributed by atoms with Gasteiger partial charge in [-0.2, -0.15) is 10.5 Å². The van der Waals surface area contributed by atoms with Crippen LogP contribution in [0.3, 0.4) is 0 Å². The van der Waals surface area contributed by atoms with Gasteiger partial charge >= 0.3 is 0 Å². The maximum absolute atomic E-state index is 12.6. The van der Waals surface area contributed by atoms with E-state index in [1.54, 1.807) is 6.07 Å². The van der Waals surface area contributed by atoms with Crippen LogP contribution in [0, 0.1) is 22.7 Å². The quantitative estimate of drug-likeness (QED) is 0.785. The average Bonchev–Trinajstić information content (AvgIpc) is 2.27. The first-order valence-electron chi connectivity index (χ1n) is 4.27. The molecular weight excluding hydrogens is 216 g/mol. The van der Waals surface area contributed by atoms with Crippen LogP contribution in [-0.4, -0.2) is 12.1 Å². The van der Waals surface area contributed by atoms with Crippen molar-refractivity contribution in [1.82, 2.24) is 4.98 Å². The average molecular weight is 223 g/mol. The monoisotopic (exact) mass is 223 g/mol. The van der Waals surface area contributed by atoms with Gasteiger partial charge in [0, 0.05) is 0 Å². The van der Waals surface area contributed by atoms with E-state index in [1.807, 2.05) is 6.07 Å². The largest absolute Gasteiger partial charge is 0.481 e. The van der Waals surface area contributed by atoms with Crippen LogP contribution in [0.1, 0.15) is 23.2 Å². The number of ether oxygens (including phenoxy) is 1. The van der Waals surface area contributed by atoms with E-state index in [0.717, 1.165) is 0 Å². The topological polar surface area (TPSA) is 69.7 Å². The third kappa shape index (κ3) is 2.23. The molecule has 0 unspecified atom stereocenters. The Balaban J connectivity index is 3.39. The number of alkyl halides is 2. The summed E-state index contributed by atoms with van der Waals surface area (Å²) < 4.78 is 30.0. The van der Waals surface area contributed by atoms with Crippen molar-refractivity contribution in [2.24, 2.45) is 0 Å². The maximum atomic E-state index is 12.6. The molecule has 0 amide bonds. The second-order valence-corrected chi connectivity index (χ2v) is 2.83. The second-order valence-electron chi connectivity index (χ2n) is 2.83. The summed E-state index contributed by atoms with van der Waals surface area (Å²) in [6, 6.07) is 4.64. The van der Waals surface area contributed by atoms with Crippen LogP contribution < -0.4 is 4.74 Å². The zero-order valence-corrected chi connectivity index (χ0v) is 8.37. The first kappa shape index (κ1) is 11.9. The third-order valence-electron chi connectivity index (χ3n) is 1.87. The van der Waals surface area contributed by atoms with Gasteiger partial charge in [0.2, 0.25) is 5.88 Å². The molecule has 0 bridgehead atoms. The highest BCUT2D eigenvalue weighted by Gasteiger charge is 2.21. The number of hydrogen-bond donors (Lipinski definition) is 0. The number of pyridine rings is 1. The summed E-state index contributed by atoms with van der Waals surface area (Å²) in [7, 11) is 1.19. The van der Waals surface area contributed by atoms with E-state index >= 15 is 0 Å². The summed E-state index contributed by atoms with van der Waals surface area (Å²) in [6.07, 6.45) is -2.90. The molecule has 1 aromatic heterocycles. The number of hydrogen-bond acceptors (Lipinski definition) is 4. The fourth-order valence-corrected chi connectivity index (χ4v) is 1.21. The smallest absolute Gasteiger partial charge is 0.270 e. The van der Waals surface area contributed by atoms with Crippen molar-refractivity contribution in [3.63, 3.8) is 0 Å². The minimum atomic E-state index is -2.84. The lowest BCUT2D eigenvalue weighted by Gasteiger charge is -2.09. The lowest BCUT2D eigenvalue weighted by molar-refractivity contribution is 0.145. The Morgan fingerprint density at radius 1 is 1.50 bits per heavy atom. The molecule has 0 radical (unpaired) electrons. The van der Waals surface area contributed by atoms with Crippen molar-refractivity contribution >= 4 is 0 Å². The number of rotatable bonds is 3. The lowest BCUT2D eigenvalue weighted by Crippen LogP contribution is -2.02. The van der Waals surface area contributed by atoms with E-state index in [4.69, 9.17) is 10.5 Å². The molecule has 0 aliphatic carbocycles. The van der Waals surface area contributed by atoms with Gasteiger partial charge in [0.05, 0.1) is 42.5 Å². The number of halogens is 2. The Hall–Kier alpha value is -2.21. The van der Waals surface area contributed by atoms with E-state index in [2.05, 4.69) is 9.72 Å². The molecular formula is C10H7F2N3O. The molecule has 4 nitrogen and oxygen atoms in total. The molecule has 0 aliphatic heterocycles. The molecule has 1 heterocycles. The van der Waals surface area contributed by atoms with Crippen LogP contribution in [0.5, 0.6) is 5.88 Å². The summed E-state index contributed by atoms with van der Waals surface area (Å²) in [5, 5.41) is 17.2. The Kier molecular flexibility index (Phi) is 3.73. The SMILES string of the molecule is COc1nc(CC#N)cc(C#N)c1C(F)F. The molecule has 0 aromatic carbocycles. The molecule has 1 rings (SSSR count). The first-order valence-corrected chi connectivity index (χ1v) is 4.27. The van der Waals surface area contributed by atoms with E-state index in [9.17, 15) is 8.78 Å². The molecule has 0 saturated carbocycles. The van der Waals surface area contributed by atoms with Gasteiger partial charge in [0.25, 0.3) is 6.43 Å². The number of methoxy groups -OCH3 is 1. The molecule has 0 saturated heterocycles. The van der Waals surface area contributed by atoms with Crippen molar-refractivity contribution < 1.29 is 13.5 Å². The molecule has 16 heavy (non-hydrogen) atoms. The number of nitriles is 2. The minimum absolute atomic E-state index is 0.0610. The van der Waals surface area contributed by atoms with Crippen molar-refractivity contribution in [2.75, 3.05) is 7.11 Å². The summed E-state index contributed by atoms with van der Waals surface area (Å²) in [4.78, 5) is 3.73. The fourth-order valence-electron chi connectivity index (χ4n) is 1.21. The van der Waals surface area contributed by atoms with Crippen molar-refractivity contribution in [1.29, 1.82) is 10.5 Å². The molecule has 0 spiro atoms. The third-order valence-corrected chi connectivity index (χ3v) is 1.87. The van der Waals surface area contributed by atoms with Gasteiger partial charge in [-0.15, -0.1) is 0 Å². The first-order chi connectivity index (χ1) is 7.63. The number of aromatic nitrogens is 1. The van der Waals surface area contributed by atoms with Crippen LogP contribution in [0.25, 0.3) is 0 Å². The van der Waals surface area contributed by atoms with Gasteiger partial charge in [-0.05, 0) is 6.07 Å². The van der Waals surface area contributed by atoms with Crippen LogP contribution in [0.4, 0.5) is 8.78 Å². The summed E-state index contributed by atoms with van der Waals surface area (Å²) in [6.45, 7) is 0. The molecule has 0 N–H and O–H groups in total. The van der Waals surface area contributed by atoms with Crippen molar-refractivity contribution in [3.8, 4) is 18.0 Å². The van der Waals surface area contributed by atoms with Crippen LogP contribution >= 0.6 is 0 Å². The van der Waals surface area contributed by atoms with Crippen LogP contribution in [-0.2, 0) is 6.42 Å².